The molecule has 168 valence electrons. The first kappa shape index (κ1) is 24.7. The van der Waals surface area contributed by atoms with E-state index >= 15 is 0 Å². The van der Waals surface area contributed by atoms with Gasteiger partial charge in [-0.25, -0.2) is 18.2 Å². The number of aliphatic hydroxyl groups is 1. The molecule has 0 bridgehead atoms. The smallest absolute Gasteiger partial charge is 0.355 e. The number of unbranched alkanes of at least 4 members (excludes halogenated alkanes) is 2. The number of carboxylic acid groups (broad SMARTS) is 1. The van der Waals surface area contributed by atoms with Crippen LogP contribution in [0.25, 0.3) is 0 Å². The zero-order valence-corrected chi connectivity index (χ0v) is 19.2. The van der Waals surface area contributed by atoms with Gasteiger partial charge in [-0.05, 0) is 38.5 Å². The van der Waals surface area contributed by atoms with Gasteiger partial charge in [0.2, 0.25) is 14.2 Å². The summed E-state index contributed by atoms with van der Waals surface area (Å²) in [6.45, 7) is 3.93. The molecule has 0 aliphatic heterocycles. The predicted molar refractivity (Wildman–Crippen MR) is 115 cm³/mol. The molecule has 0 saturated heterocycles. The molecule has 1 aromatic heterocycles. The summed E-state index contributed by atoms with van der Waals surface area (Å²) >= 11 is 0.787. The number of sulfone groups is 1. The summed E-state index contributed by atoms with van der Waals surface area (Å²) in [5, 5.41) is 20.6. The fourth-order valence-corrected chi connectivity index (χ4v) is 6.24. The van der Waals surface area contributed by atoms with E-state index in [0.29, 0.717) is 19.3 Å². The van der Waals surface area contributed by atoms with Crippen molar-refractivity contribution < 1.29 is 28.2 Å². The summed E-state index contributed by atoms with van der Waals surface area (Å²) < 4.78 is 24.8. The molecule has 1 heterocycles. The van der Waals surface area contributed by atoms with Gasteiger partial charge in [-0.3, -0.25) is 4.79 Å². The van der Waals surface area contributed by atoms with E-state index in [-0.39, 0.29) is 39.8 Å². The van der Waals surface area contributed by atoms with Gasteiger partial charge in [-0.15, -0.1) is 11.3 Å². The molecule has 1 aromatic rings. The molecule has 3 atom stereocenters. The second-order valence-corrected chi connectivity index (χ2v) is 11.4. The monoisotopic (exact) mass is 457 g/mol. The number of carbonyl (C=O) groups is 2. The Labute approximate surface area is 182 Å². The molecule has 30 heavy (non-hydrogen) atoms. The van der Waals surface area contributed by atoms with Gasteiger partial charge in [-0.2, -0.15) is 0 Å². The van der Waals surface area contributed by atoms with Crippen LogP contribution in [0.4, 0.5) is 0 Å². The van der Waals surface area contributed by atoms with Crippen molar-refractivity contribution in [3.63, 3.8) is 0 Å². The van der Waals surface area contributed by atoms with Crippen LogP contribution in [0, 0.1) is 11.8 Å². The Bertz CT molecular complexity index is 872. The van der Waals surface area contributed by atoms with Gasteiger partial charge < -0.3 is 10.2 Å². The molecule has 0 amide bonds. The van der Waals surface area contributed by atoms with E-state index < -0.39 is 21.4 Å². The van der Waals surface area contributed by atoms with E-state index in [1.807, 2.05) is 19.1 Å². The Morgan fingerprint density at radius 2 is 2.13 bits per heavy atom. The number of aromatic nitrogens is 1. The topological polar surface area (TPSA) is 122 Å². The van der Waals surface area contributed by atoms with Crippen LogP contribution in [0.3, 0.4) is 0 Å². The second kappa shape index (κ2) is 10.6. The normalized spacial score (nSPS) is 21.9. The van der Waals surface area contributed by atoms with Crippen LogP contribution >= 0.6 is 11.3 Å². The molecule has 1 fully saturated rings. The highest BCUT2D eigenvalue weighted by Gasteiger charge is 2.34. The van der Waals surface area contributed by atoms with Gasteiger partial charge in [0.15, 0.2) is 5.69 Å². The van der Waals surface area contributed by atoms with Gasteiger partial charge in [0.05, 0.1) is 11.4 Å². The molecular formula is C21H31NO6S2. The van der Waals surface area contributed by atoms with Crippen LogP contribution in [0.15, 0.2) is 21.9 Å². The van der Waals surface area contributed by atoms with Crippen molar-refractivity contribution in [2.45, 2.75) is 75.2 Å². The average molecular weight is 458 g/mol. The van der Waals surface area contributed by atoms with Gasteiger partial charge in [-0.1, -0.05) is 38.3 Å². The Hall–Kier alpha value is -1.58. The summed E-state index contributed by atoms with van der Waals surface area (Å²) in [4.78, 5) is 26.9. The number of hydrogen-bond donors (Lipinski definition) is 2. The number of aromatic carboxylic acids is 1. The van der Waals surface area contributed by atoms with Crippen molar-refractivity contribution in [2.24, 2.45) is 11.8 Å². The lowest BCUT2D eigenvalue weighted by Gasteiger charge is -2.22. The minimum atomic E-state index is -3.74. The van der Waals surface area contributed by atoms with Crippen LogP contribution in [-0.4, -0.2) is 46.7 Å². The fraction of sp³-hybridized carbons (Fsp3) is 0.667. The molecule has 1 aliphatic rings. The average Bonchev–Trinajstić information content (AvgIpc) is 3.28. The SMILES string of the molecule is CCCCCC(C)(O)C/C=C/[C@H]1CCC(=O)[C@@H]1CCS(=O)(=O)c1nc(C(=O)O)cs1. The van der Waals surface area contributed by atoms with Crippen molar-refractivity contribution in [3.8, 4) is 0 Å². The lowest BCUT2D eigenvalue weighted by molar-refractivity contribution is -0.121. The number of hydrogen-bond acceptors (Lipinski definition) is 7. The molecule has 9 heteroatoms. The van der Waals surface area contributed by atoms with Crippen LogP contribution in [0.5, 0.6) is 0 Å². The number of nitrogens with zero attached hydrogens (tertiary/aromatic N) is 1. The van der Waals surface area contributed by atoms with Crippen molar-refractivity contribution >= 4 is 32.9 Å². The molecule has 0 radical (unpaired) electrons. The third-order valence-electron chi connectivity index (χ3n) is 5.58. The summed E-state index contributed by atoms with van der Waals surface area (Å²) in [6.07, 6.45) is 9.53. The predicted octanol–water partition coefficient (Wildman–Crippen LogP) is 3.88. The first-order valence-corrected chi connectivity index (χ1v) is 12.9. The fourth-order valence-electron chi connectivity index (χ4n) is 3.76. The highest BCUT2D eigenvalue weighted by molar-refractivity contribution is 7.93. The highest BCUT2D eigenvalue weighted by Crippen LogP contribution is 2.34. The van der Waals surface area contributed by atoms with Gasteiger partial charge in [0, 0.05) is 17.7 Å². The third-order valence-corrected chi connectivity index (χ3v) is 8.66. The first-order chi connectivity index (χ1) is 14.1. The lowest BCUT2D eigenvalue weighted by atomic mass is 9.90. The van der Waals surface area contributed by atoms with E-state index in [1.54, 1.807) is 0 Å². The standard InChI is InChI=1S/C21H31NO6S2/c1-3-4-5-11-21(2,26)12-6-7-15-8-9-18(23)16(15)10-13-30(27,28)20-22-17(14-29-20)19(24)25/h6-7,14-16,26H,3-5,8-13H2,1-2H3,(H,24,25)/b7-6+/t15-,16+,21?/m0/s1. The summed E-state index contributed by atoms with van der Waals surface area (Å²) in [5.41, 5.74) is -1.07. The molecule has 2 rings (SSSR count). The van der Waals surface area contributed by atoms with Crippen molar-refractivity contribution in [2.75, 3.05) is 5.75 Å². The minimum absolute atomic E-state index is 0.0370. The van der Waals surface area contributed by atoms with Crippen molar-refractivity contribution in [1.29, 1.82) is 0 Å². The molecular weight excluding hydrogens is 426 g/mol. The number of Topliss-reactive ketones (excluding diaryl/α,β-unsaturated/α-hetero) is 1. The molecule has 0 spiro atoms. The molecule has 1 aliphatic carbocycles. The van der Waals surface area contributed by atoms with Crippen LogP contribution in [0.2, 0.25) is 0 Å². The maximum Gasteiger partial charge on any atom is 0.355 e. The van der Waals surface area contributed by atoms with Crippen LogP contribution in [-0.2, 0) is 14.6 Å². The Balaban J connectivity index is 1.95. The van der Waals surface area contributed by atoms with Crippen LogP contribution < -0.4 is 0 Å². The quantitative estimate of drug-likeness (QED) is 0.361. The highest BCUT2D eigenvalue weighted by atomic mass is 32.2. The number of carbonyl (C=O) groups excluding carboxylic acids is 1. The van der Waals surface area contributed by atoms with E-state index in [9.17, 15) is 23.1 Å². The number of rotatable bonds is 12. The van der Waals surface area contributed by atoms with Gasteiger partial charge >= 0.3 is 5.97 Å². The molecule has 0 aromatic carbocycles. The zero-order valence-electron chi connectivity index (χ0n) is 17.5. The molecule has 1 unspecified atom stereocenters. The van der Waals surface area contributed by atoms with Gasteiger partial charge in [0.1, 0.15) is 5.78 Å². The lowest BCUT2D eigenvalue weighted by Crippen LogP contribution is -2.23. The van der Waals surface area contributed by atoms with E-state index in [2.05, 4.69) is 11.9 Å². The number of allylic oxidation sites excluding steroid dienone is 1. The first-order valence-electron chi connectivity index (χ1n) is 10.4. The Morgan fingerprint density at radius 3 is 2.77 bits per heavy atom. The van der Waals surface area contributed by atoms with Crippen LogP contribution in [0.1, 0.15) is 75.7 Å². The summed E-state index contributed by atoms with van der Waals surface area (Å²) in [7, 11) is -3.74. The maximum absolute atomic E-state index is 12.5. The minimum Gasteiger partial charge on any atom is -0.476 e. The number of thiazole rings is 1. The van der Waals surface area contributed by atoms with Gasteiger partial charge in [0.25, 0.3) is 0 Å². The summed E-state index contributed by atoms with van der Waals surface area (Å²) in [6, 6.07) is 0. The second-order valence-electron chi connectivity index (χ2n) is 8.27. The molecule has 7 nitrogen and oxygen atoms in total. The third kappa shape index (κ3) is 6.99. The Morgan fingerprint density at radius 1 is 1.40 bits per heavy atom. The summed E-state index contributed by atoms with van der Waals surface area (Å²) in [5.74, 6) is -1.87. The van der Waals surface area contributed by atoms with E-state index in [4.69, 9.17) is 5.11 Å². The molecule has 2 N–H and O–H groups in total. The zero-order chi connectivity index (χ0) is 22.4. The largest absolute Gasteiger partial charge is 0.476 e. The number of carboxylic acids is 1. The molecule has 1 saturated carbocycles. The van der Waals surface area contributed by atoms with Crippen molar-refractivity contribution in [3.05, 3.63) is 23.2 Å². The maximum atomic E-state index is 12.5. The van der Waals surface area contributed by atoms with E-state index in [1.165, 1.54) is 5.38 Å². The Kier molecular flexibility index (Phi) is 8.75. The van der Waals surface area contributed by atoms with Crippen molar-refractivity contribution in [1.82, 2.24) is 4.98 Å². The number of ketones is 1. The van der Waals surface area contributed by atoms with E-state index in [0.717, 1.165) is 37.0 Å².